The van der Waals surface area contributed by atoms with Crippen molar-refractivity contribution >= 4 is 57.7 Å². The molecule has 0 saturated carbocycles. The van der Waals surface area contributed by atoms with E-state index in [0.717, 1.165) is 17.8 Å². The van der Waals surface area contributed by atoms with Gasteiger partial charge in [-0.25, -0.2) is 9.79 Å². The molecule has 1 aliphatic rings. The average molecular weight is 331 g/mol. The number of benzene rings is 1. The maximum atomic E-state index is 11.6. The van der Waals surface area contributed by atoms with Crippen molar-refractivity contribution in [3.8, 4) is 0 Å². The van der Waals surface area contributed by atoms with Crippen LogP contribution in [0.2, 0.25) is 10.0 Å². The molecule has 1 amide bonds. The summed E-state index contributed by atoms with van der Waals surface area (Å²) in [6.07, 6.45) is 1.10. The molecule has 1 fully saturated rings. The summed E-state index contributed by atoms with van der Waals surface area (Å²) in [4.78, 5) is 27.1. The number of amidine groups is 1. The Labute approximate surface area is 129 Å². The number of carbonyl (C=O) groups excluding carboxylic acids is 2. The number of amides is 1. The molecule has 5 nitrogen and oxygen atoms in total. The monoisotopic (exact) mass is 330 g/mol. The average Bonchev–Trinajstić information content (AvgIpc) is 2.75. The summed E-state index contributed by atoms with van der Waals surface area (Å²) in [5.74, 6) is -1.03. The number of hydrogen-bond acceptors (Lipinski definition) is 5. The van der Waals surface area contributed by atoms with Gasteiger partial charge in [0.15, 0.2) is 5.17 Å². The molecule has 1 N–H and O–H groups in total. The fourth-order valence-electron chi connectivity index (χ4n) is 1.33. The van der Waals surface area contributed by atoms with E-state index in [4.69, 9.17) is 23.2 Å². The van der Waals surface area contributed by atoms with Gasteiger partial charge in [0.2, 0.25) is 0 Å². The van der Waals surface area contributed by atoms with Crippen molar-refractivity contribution in [2.24, 2.45) is 4.99 Å². The number of nitrogens with zero attached hydrogens (tertiary/aromatic N) is 1. The number of hydrogen-bond donors (Lipinski definition) is 1. The number of esters is 1. The first-order chi connectivity index (χ1) is 9.51. The van der Waals surface area contributed by atoms with Crippen LogP contribution in [0.15, 0.2) is 34.2 Å². The molecule has 0 spiro atoms. The number of nitrogens with one attached hydrogen (secondary N) is 1. The summed E-state index contributed by atoms with van der Waals surface area (Å²) in [5, 5.41) is 3.50. The minimum absolute atomic E-state index is 0.203. The van der Waals surface area contributed by atoms with E-state index in [2.05, 4.69) is 15.0 Å². The maximum absolute atomic E-state index is 11.6. The number of carbonyl (C=O) groups is 2. The second-order valence-corrected chi connectivity index (χ2v) is 5.39. The largest absolute Gasteiger partial charge is 0.466 e. The van der Waals surface area contributed by atoms with Crippen molar-refractivity contribution in [2.45, 2.75) is 0 Å². The molecule has 1 saturated heterocycles. The van der Waals surface area contributed by atoms with E-state index in [0.29, 0.717) is 20.9 Å². The lowest BCUT2D eigenvalue weighted by atomic mass is 10.3. The Morgan fingerprint density at radius 1 is 1.45 bits per heavy atom. The Kier molecular flexibility index (Phi) is 4.69. The molecule has 0 aromatic heterocycles. The standard InChI is InChI=1S/C12H8Cl2N2O3S/c1-19-9(17)5-8-11(18)16-12(20-8)15-7-4-2-3-6(13)10(7)14/h2-5H,1H3,(H,15,16,18). The Hall–Kier alpha value is -1.50. The molecule has 20 heavy (non-hydrogen) atoms. The Morgan fingerprint density at radius 2 is 2.20 bits per heavy atom. The normalized spacial score (nSPS) is 18.4. The summed E-state index contributed by atoms with van der Waals surface area (Å²) in [6.45, 7) is 0. The minimum Gasteiger partial charge on any atom is -0.466 e. The van der Waals surface area contributed by atoms with Gasteiger partial charge in [0.05, 0.1) is 27.7 Å². The zero-order chi connectivity index (χ0) is 14.7. The van der Waals surface area contributed by atoms with Gasteiger partial charge in [-0.3, -0.25) is 4.79 Å². The lowest BCUT2D eigenvalue weighted by Crippen LogP contribution is -2.19. The molecule has 8 heteroatoms. The smallest absolute Gasteiger partial charge is 0.331 e. The first-order valence-corrected chi connectivity index (χ1v) is 6.90. The summed E-state index contributed by atoms with van der Waals surface area (Å²) in [7, 11) is 1.23. The quantitative estimate of drug-likeness (QED) is 0.668. The van der Waals surface area contributed by atoms with Gasteiger partial charge in [0, 0.05) is 6.08 Å². The molecule has 0 atom stereocenters. The van der Waals surface area contributed by atoms with E-state index in [-0.39, 0.29) is 4.91 Å². The van der Waals surface area contributed by atoms with Crippen LogP contribution in [-0.4, -0.2) is 24.2 Å². The van der Waals surface area contributed by atoms with Crippen LogP contribution < -0.4 is 5.32 Å². The summed E-state index contributed by atoms with van der Waals surface area (Å²) in [6, 6.07) is 4.99. The number of rotatable bonds is 2. The molecule has 2 rings (SSSR count). The zero-order valence-corrected chi connectivity index (χ0v) is 12.5. The van der Waals surface area contributed by atoms with Gasteiger partial charge >= 0.3 is 5.97 Å². The van der Waals surface area contributed by atoms with Crippen molar-refractivity contribution in [1.82, 2.24) is 5.32 Å². The number of methoxy groups -OCH3 is 1. The first kappa shape index (κ1) is 14.9. The highest BCUT2D eigenvalue weighted by Crippen LogP contribution is 2.34. The Bertz CT molecular complexity index is 644. The SMILES string of the molecule is COC(=O)C=C1SC(=Nc2cccc(Cl)c2Cl)NC1=O. The molecular weight excluding hydrogens is 323 g/mol. The van der Waals surface area contributed by atoms with Crippen molar-refractivity contribution in [2.75, 3.05) is 7.11 Å². The Morgan fingerprint density at radius 3 is 2.90 bits per heavy atom. The van der Waals surface area contributed by atoms with Crippen molar-refractivity contribution in [1.29, 1.82) is 0 Å². The highest BCUT2D eigenvalue weighted by molar-refractivity contribution is 8.18. The van der Waals surface area contributed by atoms with Crippen LogP contribution >= 0.6 is 35.0 Å². The van der Waals surface area contributed by atoms with Crippen LogP contribution in [0.4, 0.5) is 5.69 Å². The van der Waals surface area contributed by atoms with Crippen LogP contribution in [-0.2, 0) is 14.3 Å². The van der Waals surface area contributed by atoms with Crippen LogP contribution in [0.3, 0.4) is 0 Å². The Balaban J connectivity index is 2.26. The topological polar surface area (TPSA) is 67.8 Å². The summed E-state index contributed by atoms with van der Waals surface area (Å²) >= 11 is 12.9. The van der Waals surface area contributed by atoms with Gasteiger partial charge in [0.1, 0.15) is 0 Å². The third-order valence-electron chi connectivity index (χ3n) is 2.25. The van der Waals surface area contributed by atoms with E-state index in [1.165, 1.54) is 7.11 Å². The lowest BCUT2D eigenvalue weighted by molar-refractivity contribution is -0.135. The minimum atomic E-state index is -0.607. The van der Waals surface area contributed by atoms with E-state index in [1.807, 2.05) is 0 Å². The fraction of sp³-hybridized carbons (Fsp3) is 0.0833. The van der Waals surface area contributed by atoms with Crippen molar-refractivity contribution < 1.29 is 14.3 Å². The molecule has 1 aromatic carbocycles. The lowest BCUT2D eigenvalue weighted by Gasteiger charge is -2.00. The second-order valence-electron chi connectivity index (χ2n) is 3.58. The molecule has 0 bridgehead atoms. The van der Waals surface area contributed by atoms with Gasteiger partial charge in [-0.15, -0.1) is 0 Å². The van der Waals surface area contributed by atoms with Crippen LogP contribution in [0, 0.1) is 0 Å². The van der Waals surface area contributed by atoms with Crippen LogP contribution in [0.1, 0.15) is 0 Å². The number of halogens is 2. The summed E-state index contributed by atoms with van der Waals surface area (Å²) in [5.41, 5.74) is 0.432. The van der Waals surface area contributed by atoms with E-state index < -0.39 is 11.9 Å². The fourth-order valence-corrected chi connectivity index (χ4v) is 2.47. The molecule has 104 valence electrons. The van der Waals surface area contributed by atoms with Gasteiger partial charge < -0.3 is 10.1 Å². The van der Waals surface area contributed by atoms with Gasteiger partial charge in [-0.1, -0.05) is 29.3 Å². The molecular formula is C12H8Cl2N2O3S. The van der Waals surface area contributed by atoms with E-state index >= 15 is 0 Å². The highest BCUT2D eigenvalue weighted by atomic mass is 35.5. The molecule has 0 unspecified atom stereocenters. The van der Waals surface area contributed by atoms with E-state index in [1.54, 1.807) is 18.2 Å². The van der Waals surface area contributed by atoms with Crippen LogP contribution in [0.5, 0.6) is 0 Å². The molecule has 0 aliphatic carbocycles. The number of thioether (sulfide) groups is 1. The van der Waals surface area contributed by atoms with Crippen molar-refractivity contribution in [3.63, 3.8) is 0 Å². The molecule has 0 radical (unpaired) electrons. The molecule has 1 heterocycles. The second kappa shape index (κ2) is 6.30. The van der Waals surface area contributed by atoms with Gasteiger partial charge in [0.25, 0.3) is 5.91 Å². The third kappa shape index (κ3) is 3.33. The van der Waals surface area contributed by atoms with Crippen LogP contribution in [0.25, 0.3) is 0 Å². The predicted molar refractivity (Wildman–Crippen MR) is 79.4 cm³/mol. The highest BCUT2D eigenvalue weighted by Gasteiger charge is 2.25. The molecule has 1 aliphatic heterocycles. The maximum Gasteiger partial charge on any atom is 0.331 e. The molecule has 1 aromatic rings. The van der Waals surface area contributed by atoms with Gasteiger partial charge in [-0.05, 0) is 23.9 Å². The summed E-state index contributed by atoms with van der Waals surface area (Å²) < 4.78 is 4.46. The van der Waals surface area contributed by atoms with Crippen molar-refractivity contribution in [3.05, 3.63) is 39.2 Å². The van der Waals surface area contributed by atoms with E-state index in [9.17, 15) is 9.59 Å². The van der Waals surface area contributed by atoms with Gasteiger partial charge in [-0.2, -0.15) is 0 Å². The predicted octanol–water partition coefficient (Wildman–Crippen LogP) is 2.90. The third-order valence-corrected chi connectivity index (χ3v) is 3.97. The zero-order valence-electron chi connectivity index (χ0n) is 10.1. The first-order valence-electron chi connectivity index (χ1n) is 5.33. The number of aliphatic imine (C=N–C) groups is 1. The number of ether oxygens (including phenoxy) is 1.